The van der Waals surface area contributed by atoms with Crippen LogP contribution in [-0.4, -0.2) is 36.6 Å². The smallest absolute Gasteiger partial charge is 0.252 e. The van der Waals surface area contributed by atoms with E-state index in [1.807, 2.05) is 30.3 Å². The van der Waals surface area contributed by atoms with E-state index in [0.717, 1.165) is 16.3 Å². The highest BCUT2D eigenvalue weighted by molar-refractivity contribution is 6.08. The van der Waals surface area contributed by atoms with Crippen molar-refractivity contribution >= 4 is 34.2 Å². The molecule has 9 nitrogen and oxygen atoms in total. The summed E-state index contributed by atoms with van der Waals surface area (Å²) in [6, 6.07) is 24.9. The fraction of sp³-hybridized carbons (Fsp3) is 0.161. The molecule has 2 atom stereocenters. The molecule has 1 heterocycles. The Kier molecular flexibility index (Phi) is 7.60. The maximum absolute atomic E-state index is 13.4. The average Bonchev–Trinajstić information content (AvgIpc) is 3.44. The molecule has 200 valence electrons. The van der Waals surface area contributed by atoms with E-state index in [0.29, 0.717) is 28.3 Å². The summed E-state index contributed by atoms with van der Waals surface area (Å²) in [5.74, 6) is -0.265. The van der Waals surface area contributed by atoms with Gasteiger partial charge in [0, 0.05) is 23.7 Å². The molecule has 4 aromatic carbocycles. The third kappa shape index (κ3) is 5.87. The van der Waals surface area contributed by atoms with Crippen molar-refractivity contribution in [3.63, 3.8) is 0 Å². The van der Waals surface area contributed by atoms with E-state index in [-0.39, 0.29) is 13.2 Å². The molecule has 4 aromatic rings. The van der Waals surface area contributed by atoms with Gasteiger partial charge in [0.15, 0.2) is 11.5 Å². The van der Waals surface area contributed by atoms with Crippen LogP contribution in [0.5, 0.6) is 11.5 Å². The molecule has 1 aliphatic heterocycles. The van der Waals surface area contributed by atoms with Crippen molar-refractivity contribution in [2.75, 3.05) is 12.1 Å². The number of nitriles is 1. The van der Waals surface area contributed by atoms with Gasteiger partial charge in [0.05, 0.1) is 11.6 Å². The Bertz CT molecular complexity index is 1620. The van der Waals surface area contributed by atoms with Crippen molar-refractivity contribution in [1.29, 1.82) is 5.26 Å². The van der Waals surface area contributed by atoms with E-state index in [2.05, 4.69) is 22.0 Å². The standard InChI is InChI=1S/C31H26N4O5/c1-19(29(36)34-23-13-14-27-28(16-23)40-18-39-27)33-31(38)26(15-20-9-11-21(17-32)12-10-20)35-30(37)25-8-4-6-22-5-2-3-7-24(22)25/h2-14,16,19,26H,15,18H2,1H3,(H,33,38)(H,34,36)(H,35,37)/t19-,26-/m0/s1. The fourth-order valence-electron chi connectivity index (χ4n) is 4.42. The molecule has 0 saturated carbocycles. The first-order chi connectivity index (χ1) is 19.4. The Morgan fingerprint density at radius 1 is 0.875 bits per heavy atom. The van der Waals surface area contributed by atoms with Crippen LogP contribution in [0.3, 0.4) is 0 Å². The molecule has 9 heteroatoms. The second-order valence-electron chi connectivity index (χ2n) is 9.35. The molecule has 0 aromatic heterocycles. The maximum atomic E-state index is 13.4. The fourth-order valence-corrected chi connectivity index (χ4v) is 4.42. The van der Waals surface area contributed by atoms with Gasteiger partial charge in [0.1, 0.15) is 12.1 Å². The zero-order valence-electron chi connectivity index (χ0n) is 21.6. The molecule has 0 spiro atoms. The summed E-state index contributed by atoms with van der Waals surface area (Å²) in [5, 5.41) is 19.1. The Morgan fingerprint density at radius 2 is 1.62 bits per heavy atom. The largest absolute Gasteiger partial charge is 0.454 e. The van der Waals surface area contributed by atoms with Crippen LogP contribution in [0.15, 0.2) is 84.9 Å². The van der Waals surface area contributed by atoms with Gasteiger partial charge >= 0.3 is 0 Å². The van der Waals surface area contributed by atoms with Crippen LogP contribution >= 0.6 is 0 Å². The minimum absolute atomic E-state index is 0.115. The lowest BCUT2D eigenvalue weighted by Crippen LogP contribution is -2.52. The van der Waals surface area contributed by atoms with Gasteiger partial charge in [0.25, 0.3) is 5.91 Å². The summed E-state index contributed by atoms with van der Waals surface area (Å²) in [6.45, 7) is 1.68. The van der Waals surface area contributed by atoms with Crippen molar-refractivity contribution in [3.8, 4) is 17.6 Å². The van der Waals surface area contributed by atoms with Crippen molar-refractivity contribution in [2.45, 2.75) is 25.4 Å². The first-order valence-electron chi connectivity index (χ1n) is 12.7. The quantitative estimate of drug-likeness (QED) is 0.314. The number of benzene rings is 4. The number of anilines is 1. The SMILES string of the molecule is C[C@H](NC(=O)[C@H](Cc1ccc(C#N)cc1)NC(=O)c1cccc2ccccc12)C(=O)Nc1ccc2c(c1)OCO2. The summed E-state index contributed by atoms with van der Waals surface area (Å²) < 4.78 is 10.6. The summed E-state index contributed by atoms with van der Waals surface area (Å²) in [5.41, 5.74) is 2.16. The Morgan fingerprint density at radius 3 is 2.42 bits per heavy atom. The second kappa shape index (κ2) is 11.6. The zero-order chi connectivity index (χ0) is 28.1. The summed E-state index contributed by atoms with van der Waals surface area (Å²) >= 11 is 0. The Balaban J connectivity index is 1.32. The number of carbonyl (C=O) groups excluding carboxylic acids is 3. The van der Waals surface area contributed by atoms with Crippen molar-refractivity contribution in [3.05, 3.63) is 102 Å². The van der Waals surface area contributed by atoms with Crippen LogP contribution in [-0.2, 0) is 16.0 Å². The number of fused-ring (bicyclic) bond motifs is 2. The van der Waals surface area contributed by atoms with Gasteiger partial charge in [0.2, 0.25) is 18.6 Å². The predicted molar refractivity (Wildman–Crippen MR) is 149 cm³/mol. The molecule has 3 amide bonds. The first-order valence-corrected chi connectivity index (χ1v) is 12.7. The van der Waals surface area contributed by atoms with E-state index in [1.165, 1.54) is 0 Å². The molecule has 40 heavy (non-hydrogen) atoms. The number of hydrogen-bond donors (Lipinski definition) is 3. The van der Waals surface area contributed by atoms with Crippen LogP contribution in [0, 0.1) is 11.3 Å². The van der Waals surface area contributed by atoms with Gasteiger partial charge in [-0.25, -0.2) is 0 Å². The normalized spacial score (nSPS) is 13.1. The molecule has 0 aliphatic carbocycles. The molecular formula is C31H26N4O5. The van der Waals surface area contributed by atoms with Crippen LogP contribution in [0.4, 0.5) is 5.69 Å². The number of carbonyl (C=O) groups is 3. The highest BCUT2D eigenvalue weighted by atomic mass is 16.7. The predicted octanol–water partition coefficient (Wildman–Crippen LogP) is 3.92. The van der Waals surface area contributed by atoms with Crippen LogP contribution in [0.1, 0.15) is 28.4 Å². The lowest BCUT2D eigenvalue weighted by Gasteiger charge is -2.22. The van der Waals surface area contributed by atoms with E-state index in [1.54, 1.807) is 61.5 Å². The average molecular weight is 535 g/mol. The molecule has 5 rings (SSSR count). The second-order valence-corrected chi connectivity index (χ2v) is 9.35. The number of nitrogens with zero attached hydrogens (tertiary/aromatic N) is 1. The van der Waals surface area contributed by atoms with Crippen molar-refractivity contribution < 1.29 is 23.9 Å². The van der Waals surface area contributed by atoms with Gasteiger partial charge in [-0.3, -0.25) is 14.4 Å². The van der Waals surface area contributed by atoms with Gasteiger partial charge in [-0.05, 0) is 53.6 Å². The van der Waals surface area contributed by atoms with E-state index < -0.39 is 29.8 Å². The van der Waals surface area contributed by atoms with Crippen LogP contribution in [0.2, 0.25) is 0 Å². The van der Waals surface area contributed by atoms with Gasteiger partial charge < -0.3 is 25.4 Å². The van der Waals surface area contributed by atoms with Gasteiger partial charge in [-0.1, -0.05) is 48.5 Å². The lowest BCUT2D eigenvalue weighted by molar-refractivity contribution is -0.127. The van der Waals surface area contributed by atoms with E-state index in [9.17, 15) is 14.4 Å². The van der Waals surface area contributed by atoms with Gasteiger partial charge in [-0.2, -0.15) is 5.26 Å². The minimum atomic E-state index is -0.986. The topological polar surface area (TPSA) is 130 Å². The number of hydrogen-bond acceptors (Lipinski definition) is 6. The van der Waals surface area contributed by atoms with Crippen molar-refractivity contribution in [2.24, 2.45) is 0 Å². The first kappa shape index (κ1) is 26.3. The van der Waals surface area contributed by atoms with Gasteiger partial charge in [-0.15, -0.1) is 0 Å². The van der Waals surface area contributed by atoms with Crippen LogP contribution < -0.4 is 25.4 Å². The molecule has 0 saturated heterocycles. The summed E-state index contributed by atoms with van der Waals surface area (Å²) in [7, 11) is 0. The number of amides is 3. The third-order valence-electron chi connectivity index (χ3n) is 6.57. The third-order valence-corrected chi connectivity index (χ3v) is 6.57. The molecule has 0 radical (unpaired) electrons. The Hall–Kier alpha value is -5.36. The highest BCUT2D eigenvalue weighted by Gasteiger charge is 2.26. The monoisotopic (exact) mass is 534 g/mol. The maximum Gasteiger partial charge on any atom is 0.252 e. The zero-order valence-corrected chi connectivity index (χ0v) is 21.6. The molecule has 0 fully saturated rings. The number of rotatable bonds is 8. The number of ether oxygens (including phenoxy) is 2. The summed E-state index contributed by atoms with van der Waals surface area (Å²) in [6.07, 6.45) is 0.157. The molecule has 0 unspecified atom stereocenters. The van der Waals surface area contributed by atoms with Crippen molar-refractivity contribution in [1.82, 2.24) is 10.6 Å². The van der Waals surface area contributed by atoms with E-state index in [4.69, 9.17) is 14.7 Å². The Labute approximate surface area is 230 Å². The molecular weight excluding hydrogens is 508 g/mol. The minimum Gasteiger partial charge on any atom is -0.454 e. The molecule has 3 N–H and O–H groups in total. The molecule has 0 bridgehead atoms. The summed E-state index contributed by atoms with van der Waals surface area (Å²) in [4.78, 5) is 39.7. The van der Waals surface area contributed by atoms with E-state index >= 15 is 0 Å². The molecule has 1 aliphatic rings. The van der Waals surface area contributed by atoms with Crippen LogP contribution in [0.25, 0.3) is 10.8 Å². The highest BCUT2D eigenvalue weighted by Crippen LogP contribution is 2.34. The lowest BCUT2D eigenvalue weighted by atomic mass is 10.0. The number of nitrogens with one attached hydrogen (secondary N) is 3.